The molecule has 2 fully saturated rings. The van der Waals surface area contributed by atoms with Crippen LogP contribution in [0.15, 0.2) is 24.3 Å². The van der Waals surface area contributed by atoms with Crippen LogP contribution in [0.25, 0.3) is 0 Å². The summed E-state index contributed by atoms with van der Waals surface area (Å²) in [6, 6.07) is 5.58. The van der Waals surface area contributed by atoms with Crippen LogP contribution in [0.3, 0.4) is 0 Å². The maximum absolute atomic E-state index is 13.0. The number of carbonyl (C=O) groups is 2. The molecule has 2 atom stereocenters. The van der Waals surface area contributed by atoms with Crippen LogP contribution < -0.4 is 10.6 Å². The lowest BCUT2D eigenvalue weighted by atomic mass is 9.95. The van der Waals surface area contributed by atoms with Crippen molar-refractivity contribution in [3.63, 3.8) is 0 Å². The summed E-state index contributed by atoms with van der Waals surface area (Å²) in [5.41, 5.74) is 0.468. The van der Waals surface area contributed by atoms with Crippen molar-refractivity contribution in [1.29, 1.82) is 0 Å². The SMILES string of the molecule is O=C(NCC1CCCNC1)C1CCCN(C(=O)c2ccc(F)cc2)C1. The average Bonchev–Trinajstić information content (AvgIpc) is 2.67. The standard InChI is InChI=1S/C19H26FN3O2/c20-17-7-5-15(6-8-17)19(25)23-10-2-4-16(13-23)18(24)22-12-14-3-1-9-21-11-14/h5-8,14,16,21H,1-4,9-13H2,(H,22,24). The highest BCUT2D eigenvalue weighted by molar-refractivity contribution is 5.94. The molecule has 0 aliphatic carbocycles. The van der Waals surface area contributed by atoms with E-state index in [-0.39, 0.29) is 23.5 Å². The van der Waals surface area contributed by atoms with Crippen LogP contribution in [0.5, 0.6) is 0 Å². The van der Waals surface area contributed by atoms with Crippen LogP contribution in [0.1, 0.15) is 36.0 Å². The van der Waals surface area contributed by atoms with Crippen molar-refractivity contribution in [2.24, 2.45) is 11.8 Å². The molecule has 0 aromatic heterocycles. The van der Waals surface area contributed by atoms with E-state index >= 15 is 0 Å². The number of piperidine rings is 2. The number of nitrogens with zero attached hydrogens (tertiary/aromatic N) is 1. The largest absolute Gasteiger partial charge is 0.355 e. The second-order valence-electron chi connectivity index (χ2n) is 7.05. The number of likely N-dealkylation sites (tertiary alicyclic amines) is 1. The van der Waals surface area contributed by atoms with Crippen molar-refractivity contribution < 1.29 is 14.0 Å². The number of halogens is 1. The Bertz CT molecular complexity index is 599. The first-order valence-corrected chi connectivity index (χ1v) is 9.17. The van der Waals surface area contributed by atoms with Crippen molar-refractivity contribution in [2.75, 3.05) is 32.7 Å². The molecule has 25 heavy (non-hydrogen) atoms. The van der Waals surface area contributed by atoms with Gasteiger partial charge in [-0.05, 0) is 69.0 Å². The molecule has 2 unspecified atom stereocenters. The molecular weight excluding hydrogens is 321 g/mol. The van der Waals surface area contributed by atoms with Gasteiger partial charge in [0.1, 0.15) is 5.82 Å². The number of hydrogen-bond acceptors (Lipinski definition) is 3. The van der Waals surface area contributed by atoms with Gasteiger partial charge in [0.2, 0.25) is 5.91 Å². The molecule has 0 spiro atoms. The van der Waals surface area contributed by atoms with Gasteiger partial charge >= 0.3 is 0 Å². The molecule has 1 aromatic rings. The highest BCUT2D eigenvalue weighted by Crippen LogP contribution is 2.19. The Labute approximate surface area is 148 Å². The van der Waals surface area contributed by atoms with Crippen LogP contribution in [-0.2, 0) is 4.79 Å². The Morgan fingerprint density at radius 3 is 2.72 bits per heavy atom. The molecule has 136 valence electrons. The number of benzene rings is 1. The fourth-order valence-electron chi connectivity index (χ4n) is 3.64. The second-order valence-corrected chi connectivity index (χ2v) is 7.05. The van der Waals surface area contributed by atoms with Crippen molar-refractivity contribution >= 4 is 11.8 Å². The van der Waals surface area contributed by atoms with Crippen molar-refractivity contribution in [1.82, 2.24) is 15.5 Å². The average molecular weight is 347 g/mol. The lowest BCUT2D eigenvalue weighted by Crippen LogP contribution is -2.47. The molecule has 0 saturated carbocycles. The van der Waals surface area contributed by atoms with Gasteiger partial charge in [-0.25, -0.2) is 4.39 Å². The Balaban J connectivity index is 1.52. The van der Waals surface area contributed by atoms with Gasteiger partial charge in [-0.2, -0.15) is 0 Å². The van der Waals surface area contributed by atoms with E-state index in [4.69, 9.17) is 0 Å². The Hall–Kier alpha value is -1.95. The normalized spacial score (nSPS) is 24.0. The van der Waals surface area contributed by atoms with E-state index in [1.54, 1.807) is 4.90 Å². The zero-order valence-corrected chi connectivity index (χ0v) is 14.5. The first kappa shape index (κ1) is 17.9. The highest BCUT2D eigenvalue weighted by Gasteiger charge is 2.29. The van der Waals surface area contributed by atoms with Crippen molar-refractivity contribution in [3.05, 3.63) is 35.6 Å². The molecule has 2 heterocycles. The number of nitrogens with one attached hydrogen (secondary N) is 2. The molecule has 2 amide bonds. The summed E-state index contributed by atoms with van der Waals surface area (Å²) in [5, 5.41) is 6.41. The minimum absolute atomic E-state index is 0.0437. The van der Waals surface area contributed by atoms with E-state index in [9.17, 15) is 14.0 Å². The van der Waals surface area contributed by atoms with Gasteiger partial charge in [-0.1, -0.05) is 0 Å². The van der Waals surface area contributed by atoms with Crippen LogP contribution in [0.2, 0.25) is 0 Å². The molecule has 3 rings (SSSR count). The molecule has 6 heteroatoms. The van der Waals surface area contributed by atoms with E-state index < -0.39 is 0 Å². The molecule has 2 aliphatic rings. The molecule has 2 N–H and O–H groups in total. The van der Waals surface area contributed by atoms with Gasteiger partial charge in [-0.15, -0.1) is 0 Å². The van der Waals surface area contributed by atoms with Gasteiger partial charge in [0.15, 0.2) is 0 Å². The lowest BCUT2D eigenvalue weighted by Gasteiger charge is -2.32. The zero-order chi connectivity index (χ0) is 17.6. The molecule has 2 saturated heterocycles. The van der Waals surface area contributed by atoms with E-state index in [0.29, 0.717) is 31.1 Å². The van der Waals surface area contributed by atoms with Crippen molar-refractivity contribution in [3.8, 4) is 0 Å². The van der Waals surface area contributed by atoms with E-state index in [0.717, 1.165) is 38.8 Å². The first-order valence-electron chi connectivity index (χ1n) is 9.17. The lowest BCUT2D eigenvalue weighted by molar-refractivity contribution is -0.126. The summed E-state index contributed by atoms with van der Waals surface area (Å²) in [5.74, 6) is -0.103. The number of carbonyl (C=O) groups excluding carboxylic acids is 2. The number of hydrogen-bond donors (Lipinski definition) is 2. The molecule has 0 bridgehead atoms. The molecule has 2 aliphatic heterocycles. The summed E-state index contributed by atoms with van der Waals surface area (Å²) in [6.45, 7) is 3.80. The summed E-state index contributed by atoms with van der Waals surface area (Å²) in [7, 11) is 0. The fraction of sp³-hybridized carbons (Fsp3) is 0.579. The zero-order valence-electron chi connectivity index (χ0n) is 14.5. The molecular formula is C19H26FN3O2. The van der Waals surface area contributed by atoms with Crippen LogP contribution in [0, 0.1) is 17.7 Å². The van der Waals surface area contributed by atoms with E-state index in [1.807, 2.05) is 0 Å². The molecule has 5 nitrogen and oxygen atoms in total. The molecule has 1 aromatic carbocycles. The monoisotopic (exact) mass is 347 g/mol. The summed E-state index contributed by atoms with van der Waals surface area (Å²) >= 11 is 0. The van der Waals surface area contributed by atoms with Crippen molar-refractivity contribution in [2.45, 2.75) is 25.7 Å². The second kappa shape index (κ2) is 8.43. The third kappa shape index (κ3) is 4.78. The van der Waals surface area contributed by atoms with Crippen LogP contribution in [0.4, 0.5) is 4.39 Å². The summed E-state index contributed by atoms with van der Waals surface area (Å²) in [4.78, 5) is 26.7. The number of rotatable bonds is 4. The summed E-state index contributed by atoms with van der Waals surface area (Å²) < 4.78 is 13.0. The van der Waals surface area contributed by atoms with E-state index in [2.05, 4.69) is 10.6 Å². The molecule has 0 radical (unpaired) electrons. The number of amides is 2. The van der Waals surface area contributed by atoms with Gasteiger partial charge in [0.05, 0.1) is 5.92 Å². The third-order valence-corrected chi connectivity index (χ3v) is 5.13. The van der Waals surface area contributed by atoms with Crippen LogP contribution >= 0.6 is 0 Å². The first-order chi connectivity index (χ1) is 12.1. The Kier molecular flexibility index (Phi) is 6.02. The fourth-order valence-corrected chi connectivity index (χ4v) is 3.64. The topological polar surface area (TPSA) is 61.4 Å². The van der Waals surface area contributed by atoms with Gasteiger partial charge in [0.25, 0.3) is 5.91 Å². The highest BCUT2D eigenvalue weighted by atomic mass is 19.1. The Morgan fingerprint density at radius 2 is 2.00 bits per heavy atom. The maximum Gasteiger partial charge on any atom is 0.253 e. The van der Waals surface area contributed by atoms with Gasteiger partial charge in [0, 0.05) is 25.2 Å². The third-order valence-electron chi connectivity index (χ3n) is 5.13. The van der Waals surface area contributed by atoms with Gasteiger partial charge < -0.3 is 15.5 Å². The predicted molar refractivity (Wildman–Crippen MR) is 93.6 cm³/mol. The van der Waals surface area contributed by atoms with Gasteiger partial charge in [-0.3, -0.25) is 9.59 Å². The minimum atomic E-state index is -0.357. The smallest absolute Gasteiger partial charge is 0.253 e. The summed E-state index contributed by atoms with van der Waals surface area (Å²) in [6.07, 6.45) is 3.93. The predicted octanol–water partition coefficient (Wildman–Crippen LogP) is 1.79. The van der Waals surface area contributed by atoms with E-state index in [1.165, 1.54) is 24.3 Å². The quantitative estimate of drug-likeness (QED) is 0.873. The maximum atomic E-state index is 13.0. The Morgan fingerprint density at radius 1 is 1.20 bits per heavy atom. The van der Waals surface area contributed by atoms with Crippen LogP contribution in [-0.4, -0.2) is 49.4 Å². The minimum Gasteiger partial charge on any atom is -0.355 e.